The topological polar surface area (TPSA) is 93.2 Å². The van der Waals surface area contributed by atoms with Gasteiger partial charge in [0.05, 0.1) is 25.3 Å². The third-order valence-electron chi connectivity index (χ3n) is 6.88. The lowest BCUT2D eigenvalue weighted by molar-refractivity contribution is 0.0424. The monoisotopic (exact) mass is 434 g/mol. The average molecular weight is 434 g/mol. The van der Waals surface area contributed by atoms with Crippen LogP contribution in [0.5, 0.6) is 0 Å². The summed E-state index contributed by atoms with van der Waals surface area (Å²) < 4.78 is 11.2. The van der Waals surface area contributed by atoms with Crippen LogP contribution >= 0.6 is 0 Å². The quantitative estimate of drug-likeness (QED) is 0.686. The van der Waals surface area contributed by atoms with Gasteiger partial charge in [-0.2, -0.15) is 0 Å². The second-order valence-electron chi connectivity index (χ2n) is 8.78. The number of amides is 4. The Kier molecular flexibility index (Phi) is 4.41. The lowest BCUT2D eigenvalue weighted by atomic mass is 9.85. The number of imide groups is 2. The zero-order valence-electron chi connectivity index (χ0n) is 17.5. The van der Waals surface area contributed by atoms with Crippen molar-refractivity contribution in [2.24, 2.45) is 0 Å². The van der Waals surface area contributed by atoms with Crippen LogP contribution in [0.25, 0.3) is 10.8 Å². The highest BCUT2D eigenvalue weighted by Gasteiger charge is 2.41. The Morgan fingerprint density at radius 1 is 0.625 bits per heavy atom. The minimum atomic E-state index is -0.414. The smallest absolute Gasteiger partial charge is 0.261 e. The molecule has 0 spiro atoms. The van der Waals surface area contributed by atoms with Gasteiger partial charge in [0.1, 0.15) is 0 Å². The number of hydrogen-bond donors (Lipinski definition) is 0. The summed E-state index contributed by atoms with van der Waals surface area (Å²) in [7, 11) is 0. The third kappa shape index (κ3) is 2.76. The number of carbonyl (C=O) groups is 4. The molecule has 0 aliphatic carbocycles. The van der Waals surface area contributed by atoms with E-state index in [4.69, 9.17) is 9.47 Å². The first-order chi connectivity index (χ1) is 15.5. The molecule has 4 heterocycles. The fourth-order valence-corrected chi connectivity index (χ4v) is 5.29. The molecular formula is C24H22N2O6. The van der Waals surface area contributed by atoms with Gasteiger partial charge in [0.2, 0.25) is 0 Å². The lowest BCUT2D eigenvalue weighted by Crippen LogP contribution is -2.46. The van der Waals surface area contributed by atoms with Gasteiger partial charge in [-0.25, -0.2) is 0 Å². The molecule has 2 aromatic carbocycles. The van der Waals surface area contributed by atoms with Crippen molar-refractivity contribution in [3.63, 3.8) is 0 Å². The van der Waals surface area contributed by atoms with Gasteiger partial charge in [-0.05, 0) is 49.9 Å². The van der Waals surface area contributed by atoms with Crippen molar-refractivity contribution in [1.82, 2.24) is 9.80 Å². The Balaban J connectivity index is 1.43. The summed E-state index contributed by atoms with van der Waals surface area (Å²) in [5, 5.41) is 0.800. The van der Waals surface area contributed by atoms with Gasteiger partial charge in [-0.1, -0.05) is 0 Å². The van der Waals surface area contributed by atoms with Crippen molar-refractivity contribution in [2.75, 3.05) is 26.3 Å². The molecular weight excluding hydrogens is 412 g/mol. The first-order valence-electron chi connectivity index (χ1n) is 11.1. The van der Waals surface area contributed by atoms with E-state index in [0.717, 1.165) is 25.7 Å². The van der Waals surface area contributed by atoms with Crippen LogP contribution in [-0.2, 0) is 9.47 Å². The molecule has 0 saturated carbocycles. The average Bonchev–Trinajstić information content (AvgIpc) is 3.50. The molecule has 8 nitrogen and oxygen atoms in total. The lowest BCUT2D eigenvalue weighted by Gasteiger charge is -2.33. The standard InChI is InChI=1S/C24H22N2O6/c27-21-15-5-7-17-20-18(24(30)26(23(17)29)12-14-4-2-10-32-14)8-6-16(19(15)20)22(28)25(21)11-13-3-1-9-31-13/h5-8,13-14H,1-4,9-12H2/t13-,14-/m1/s1. The molecule has 2 atom stereocenters. The summed E-state index contributed by atoms with van der Waals surface area (Å²) in [6, 6.07) is 6.39. The molecule has 0 bridgehead atoms. The fraction of sp³-hybridized carbons (Fsp3) is 0.417. The van der Waals surface area contributed by atoms with Crippen LogP contribution < -0.4 is 0 Å². The minimum absolute atomic E-state index is 0.160. The van der Waals surface area contributed by atoms with E-state index in [-0.39, 0.29) is 25.3 Å². The van der Waals surface area contributed by atoms with Gasteiger partial charge in [0, 0.05) is 46.2 Å². The summed E-state index contributed by atoms with van der Waals surface area (Å²) in [6.45, 7) is 1.67. The van der Waals surface area contributed by atoms with E-state index in [0.29, 0.717) is 46.2 Å². The van der Waals surface area contributed by atoms with Crippen molar-refractivity contribution in [3.8, 4) is 0 Å². The third-order valence-corrected chi connectivity index (χ3v) is 6.88. The normalized spacial score (nSPS) is 24.9. The molecule has 4 amide bonds. The van der Waals surface area contributed by atoms with Crippen LogP contribution in [0, 0.1) is 0 Å². The van der Waals surface area contributed by atoms with E-state index in [2.05, 4.69) is 0 Å². The summed E-state index contributed by atoms with van der Waals surface area (Å²) in [4.78, 5) is 55.4. The molecule has 4 aliphatic rings. The van der Waals surface area contributed by atoms with E-state index in [9.17, 15) is 19.2 Å². The summed E-state index contributed by atoms with van der Waals surface area (Å²) in [5.41, 5.74) is 1.36. The van der Waals surface area contributed by atoms with Gasteiger partial charge < -0.3 is 9.47 Å². The van der Waals surface area contributed by atoms with Gasteiger partial charge in [0.15, 0.2) is 0 Å². The maximum Gasteiger partial charge on any atom is 0.261 e. The number of hydrogen-bond acceptors (Lipinski definition) is 6. The molecule has 0 N–H and O–H groups in total. The van der Waals surface area contributed by atoms with Crippen LogP contribution in [0.3, 0.4) is 0 Å². The predicted octanol–water partition coefficient (Wildman–Crippen LogP) is 2.39. The Morgan fingerprint density at radius 3 is 1.25 bits per heavy atom. The van der Waals surface area contributed by atoms with Crippen LogP contribution in [0.15, 0.2) is 24.3 Å². The summed E-state index contributed by atoms with van der Waals surface area (Å²) in [6.07, 6.45) is 3.11. The van der Waals surface area contributed by atoms with Gasteiger partial charge >= 0.3 is 0 Å². The van der Waals surface area contributed by atoms with Crippen molar-refractivity contribution in [1.29, 1.82) is 0 Å². The molecule has 2 aromatic rings. The predicted molar refractivity (Wildman–Crippen MR) is 113 cm³/mol. The van der Waals surface area contributed by atoms with Crippen LogP contribution in [0.1, 0.15) is 67.1 Å². The van der Waals surface area contributed by atoms with Crippen molar-refractivity contribution in [2.45, 2.75) is 37.9 Å². The zero-order chi connectivity index (χ0) is 22.0. The maximum absolute atomic E-state index is 13.2. The molecule has 0 unspecified atom stereocenters. The van der Waals surface area contributed by atoms with Crippen molar-refractivity contribution < 1.29 is 28.7 Å². The Labute approximate surface area is 184 Å². The second-order valence-corrected chi connectivity index (χ2v) is 8.78. The Bertz CT molecular complexity index is 1030. The first kappa shape index (κ1) is 19.6. The van der Waals surface area contributed by atoms with Crippen LogP contribution in [0.4, 0.5) is 0 Å². The number of carbonyl (C=O) groups excluding carboxylic acids is 4. The van der Waals surface area contributed by atoms with Crippen LogP contribution in [-0.4, -0.2) is 71.9 Å². The number of nitrogens with zero attached hydrogens (tertiary/aromatic N) is 2. The van der Waals surface area contributed by atoms with Gasteiger partial charge in [0.25, 0.3) is 23.6 Å². The molecule has 4 aliphatic heterocycles. The van der Waals surface area contributed by atoms with E-state index in [1.54, 1.807) is 24.3 Å². The minimum Gasteiger partial charge on any atom is -0.376 e. The molecule has 6 rings (SSSR count). The zero-order valence-corrected chi connectivity index (χ0v) is 17.5. The molecule has 2 saturated heterocycles. The van der Waals surface area contributed by atoms with E-state index < -0.39 is 23.6 Å². The number of ether oxygens (including phenoxy) is 2. The fourth-order valence-electron chi connectivity index (χ4n) is 5.29. The molecule has 8 heteroatoms. The molecule has 0 aromatic heterocycles. The molecule has 2 fully saturated rings. The first-order valence-corrected chi connectivity index (χ1v) is 11.1. The number of benzene rings is 2. The largest absolute Gasteiger partial charge is 0.376 e. The van der Waals surface area contributed by atoms with E-state index in [1.165, 1.54) is 9.80 Å². The van der Waals surface area contributed by atoms with E-state index in [1.807, 2.05) is 0 Å². The highest BCUT2D eigenvalue weighted by molar-refractivity contribution is 6.33. The Hall–Kier alpha value is -3.10. The molecule has 0 radical (unpaired) electrons. The van der Waals surface area contributed by atoms with Gasteiger partial charge in [-0.15, -0.1) is 0 Å². The highest BCUT2D eigenvalue weighted by Crippen LogP contribution is 2.38. The van der Waals surface area contributed by atoms with Crippen molar-refractivity contribution in [3.05, 3.63) is 46.5 Å². The van der Waals surface area contributed by atoms with Crippen LogP contribution in [0.2, 0.25) is 0 Å². The van der Waals surface area contributed by atoms with Crippen molar-refractivity contribution >= 4 is 34.4 Å². The van der Waals surface area contributed by atoms with Gasteiger partial charge in [-0.3, -0.25) is 29.0 Å². The SMILES string of the molecule is O=C1c2ccc3c4c(ccc(c24)C(=O)N1C[C@H]1CCCO1)C(=O)N(C[C@H]1CCCO1)C3=O. The Morgan fingerprint density at radius 2 is 0.969 bits per heavy atom. The summed E-state index contributed by atoms with van der Waals surface area (Å²) in [5.74, 6) is -1.65. The maximum atomic E-state index is 13.2. The molecule has 164 valence electrons. The van der Waals surface area contributed by atoms with E-state index >= 15 is 0 Å². The number of rotatable bonds is 4. The molecule has 32 heavy (non-hydrogen) atoms. The summed E-state index contributed by atoms with van der Waals surface area (Å²) >= 11 is 0. The highest BCUT2D eigenvalue weighted by atomic mass is 16.5. The second kappa shape index (κ2) is 7.21.